The molecule has 33 heavy (non-hydrogen) atoms. The molecule has 8 heteroatoms. The first-order valence-electron chi connectivity index (χ1n) is 11.5. The Morgan fingerprint density at radius 2 is 1.88 bits per heavy atom. The van der Waals surface area contributed by atoms with Crippen molar-refractivity contribution < 1.29 is 14.3 Å². The number of hydrogen-bond donors (Lipinski definition) is 2. The molecule has 0 saturated carbocycles. The molecule has 2 aromatic rings. The number of carbonyl (C=O) groups excluding carboxylic acids is 2. The van der Waals surface area contributed by atoms with Crippen LogP contribution in [0.5, 0.6) is 5.75 Å². The van der Waals surface area contributed by atoms with Crippen LogP contribution in [-0.4, -0.2) is 60.9 Å². The highest BCUT2D eigenvalue weighted by molar-refractivity contribution is 7.80. The summed E-state index contributed by atoms with van der Waals surface area (Å²) in [7, 11) is 1.72. The van der Waals surface area contributed by atoms with Crippen LogP contribution < -0.4 is 15.0 Å². The van der Waals surface area contributed by atoms with Crippen LogP contribution in [0.3, 0.4) is 0 Å². The lowest BCUT2D eigenvalue weighted by atomic mass is 10.0. The summed E-state index contributed by atoms with van der Waals surface area (Å²) in [6, 6.07) is 14.5. The van der Waals surface area contributed by atoms with Gasteiger partial charge in [-0.25, -0.2) is 0 Å². The van der Waals surface area contributed by atoms with Crippen molar-refractivity contribution in [1.82, 2.24) is 15.1 Å². The summed E-state index contributed by atoms with van der Waals surface area (Å²) in [5.74, 6) is 0.537. The Labute approximate surface area is 200 Å². The Kier molecular flexibility index (Phi) is 6.32. The maximum Gasteiger partial charge on any atom is 0.243 e. The van der Waals surface area contributed by atoms with Crippen molar-refractivity contribution in [1.29, 1.82) is 0 Å². The minimum atomic E-state index is -0.302. The average Bonchev–Trinajstić information content (AvgIpc) is 3.15. The highest BCUT2D eigenvalue weighted by atomic mass is 32.1. The summed E-state index contributed by atoms with van der Waals surface area (Å²) in [4.78, 5) is 30.9. The number of anilines is 1. The number of imide groups is 1. The number of rotatable bonds is 5. The van der Waals surface area contributed by atoms with Crippen molar-refractivity contribution in [2.75, 3.05) is 38.2 Å². The lowest BCUT2D eigenvalue weighted by Crippen LogP contribution is -2.51. The molecule has 0 bridgehead atoms. The van der Waals surface area contributed by atoms with E-state index in [4.69, 9.17) is 17.4 Å². The van der Waals surface area contributed by atoms with Gasteiger partial charge in [-0.15, -0.1) is 0 Å². The fraction of sp³-hybridized carbons (Fsp3) is 0.440. The zero-order valence-corrected chi connectivity index (χ0v) is 19.8. The second-order valence-electron chi connectivity index (χ2n) is 8.98. The molecule has 0 spiro atoms. The van der Waals surface area contributed by atoms with Crippen LogP contribution in [0.1, 0.15) is 34.9 Å². The number of nitrogens with one attached hydrogen (secondary N) is 1. The number of ether oxygens (including phenoxy) is 1. The molecule has 2 amide bonds. The molecular weight excluding hydrogens is 436 g/mol. The molecule has 5 rings (SSSR count). The maximum atomic E-state index is 12.4. The van der Waals surface area contributed by atoms with Gasteiger partial charge >= 0.3 is 0 Å². The van der Waals surface area contributed by atoms with Crippen molar-refractivity contribution in [2.45, 2.75) is 37.3 Å². The van der Waals surface area contributed by atoms with Crippen molar-refractivity contribution in [3.8, 4) is 5.75 Å². The van der Waals surface area contributed by atoms with Crippen LogP contribution >= 0.6 is 12.6 Å². The van der Waals surface area contributed by atoms with E-state index >= 15 is 0 Å². The molecule has 3 heterocycles. The summed E-state index contributed by atoms with van der Waals surface area (Å²) in [6.07, 6.45) is 0.939. The van der Waals surface area contributed by atoms with Crippen LogP contribution in [0.15, 0.2) is 42.5 Å². The third kappa shape index (κ3) is 4.47. The van der Waals surface area contributed by atoms with Crippen molar-refractivity contribution in [3.63, 3.8) is 0 Å². The minimum Gasteiger partial charge on any atom is -0.495 e. The molecule has 174 valence electrons. The van der Waals surface area contributed by atoms with E-state index in [2.05, 4.69) is 50.3 Å². The maximum absolute atomic E-state index is 12.4. The number of carbonyl (C=O) groups is 2. The molecule has 0 aliphatic carbocycles. The van der Waals surface area contributed by atoms with Gasteiger partial charge in [-0.3, -0.25) is 24.7 Å². The molecule has 2 unspecified atom stereocenters. The van der Waals surface area contributed by atoms with Crippen LogP contribution in [-0.2, 0) is 22.7 Å². The molecule has 0 radical (unpaired) electrons. The second kappa shape index (κ2) is 9.37. The highest BCUT2D eigenvalue weighted by Gasteiger charge is 2.39. The normalized spacial score (nSPS) is 24.0. The van der Waals surface area contributed by atoms with E-state index in [0.29, 0.717) is 19.4 Å². The van der Waals surface area contributed by atoms with Gasteiger partial charge in [-0.1, -0.05) is 30.3 Å². The first kappa shape index (κ1) is 22.3. The largest absolute Gasteiger partial charge is 0.495 e. The van der Waals surface area contributed by atoms with E-state index < -0.39 is 0 Å². The fourth-order valence-electron chi connectivity index (χ4n) is 5.18. The average molecular weight is 467 g/mol. The van der Waals surface area contributed by atoms with Crippen LogP contribution in [0.2, 0.25) is 0 Å². The lowest BCUT2D eigenvalue weighted by molar-refractivity contribution is -0.137. The van der Waals surface area contributed by atoms with E-state index in [9.17, 15) is 9.59 Å². The number of nitrogens with zero attached hydrogens (tertiary/aromatic N) is 3. The zero-order valence-electron chi connectivity index (χ0n) is 18.9. The number of piperidine rings is 1. The molecule has 0 aromatic heterocycles. The fourth-order valence-corrected chi connectivity index (χ4v) is 5.68. The smallest absolute Gasteiger partial charge is 0.243 e. The summed E-state index contributed by atoms with van der Waals surface area (Å²) >= 11 is 4.80. The van der Waals surface area contributed by atoms with Gasteiger partial charge in [0.25, 0.3) is 0 Å². The van der Waals surface area contributed by atoms with Gasteiger partial charge in [0.05, 0.1) is 24.2 Å². The quantitative estimate of drug-likeness (QED) is 0.522. The molecule has 3 aliphatic heterocycles. The Hall–Kier alpha value is -2.55. The third-order valence-electron chi connectivity index (χ3n) is 6.97. The Morgan fingerprint density at radius 1 is 1.09 bits per heavy atom. The van der Waals surface area contributed by atoms with Gasteiger partial charge < -0.3 is 9.64 Å². The third-order valence-corrected chi connectivity index (χ3v) is 7.54. The van der Waals surface area contributed by atoms with Crippen molar-refractivity contribution >= 4 is 30.1 Å². The van der Waals surface area contributed by atoms with Gasteiger partial charge in [0, 0.05) is 45.7 Å². The number of methoxy groups -OCH3 is 1. The summed E-state index contributed by atoms with van der Waals surface area (Å²) < 4.78 is 5.53. The predicted molar refractivity (Wildman–Crippen MR) is 130 cm³/mol. The van der Waals surface area contributed by atoms with Crippen molar-refractivity contribution in [3.05, 3.63) is 59.2 Å². The predicted octanol–water partition coefficient (Wildman–Crippen LogP) is 2.57. The van der Waals surface area contributed by atoms with E-state index in [1.165, 1.54) is 11.1 Å². The molecule has 2 atom stereocenters. The highest BCUT2D eigenvalue weighted by Crippen LogP contribution is 2.39. The van der Waals surface area contributed by atoms with Crippen molar-refractivity contribution in [2.24, 2.45) is 0 Å². The number of fused-ring (bicyclic) bond motifs is 1. The monoisotopic (exact) mass is 466 g/mol. The molecule has 3 aliphatic rings. The summed E-state index contributed by atoms with van der Waals surface area (Å²) in [6.45, 7) is 5.51. The molecule has 7 nitrogen and oxygen atoms in total. The molecule has 2 aromatic carbocycles. The Bertz CT molecular complexity index is 1050. The molecular formula is C25H30N4O3S. The lowest BCUT2D eigenvalue weighted by Gasteiger charge is -2.36. The minimum absolute atomic E-state index is 0.123. The van der Waals surface area contributed by atoms with Gasteiger partial charge in [-0.2, -0.15) is 12.6 Å². The SMILES string of the molecule is COc1ccccc1N1CCN(Cc2ccc3c(c2)CN(C2CCC(=O)NC2=O)C3S)CC1. The second-order valence-corrected chi connectivity index (χ2v) is 9.47. The Morgan fingerprint density at radius 3 is 2.64 bits per heavy atom. The van der Waals surface area contributed by atoms with Gasteiger partial charge in [0.1, 0.15) is 5.75 Å². The zero-order chi connectivity index (χ0) is 22.9. The van der Waals surface area contributed by atoms with E-state index in [0.717, 1.165) is 49.7 Å². The number of para-hydroxylation sites is 2. The molecule has 2 fully saturated rings. The summed E-state index contributed by atoms with van der Waals surface area (Å²) in [5, 5.41) is 2.35. The van der Waals surface area contributed by atoms with Crippen LogP contribution in [0, 0.1) is 0 Å². The first-order valence-corrected chi connectivity index (χ1v) is 12.0. The van der Waals surface area contributed by atoms with E-state index in [-0.39, 0.29) is 23.2 Å². The molecule has 1 N–H and O–H groups in total. The number of piperazine rings is 1. The number of hydrogen-bond acceptors (Lipinski definition) is 7. The Balaban J connectivity index is 1.21. The number of amides is 2. The standard InChI is InChI=1S/C25H30N4O3S/c1-32-22-5-3-2-4-20(22)28-12-10-27(11-13-28)15-17-6-7-19-18(14-17)16-29(25(19)33)21-8-9-23(30)26-24(21)31/h2-7,14,21,25,33H,8-13,15-16H2,1H3,(H,26,30,31). The van der Waals surface area contributed by atoms with Crippen LogP contribution in [0.4, 0.5) is 5.69 Å². The van der Waals surface area contributed by atoms with E-state index in [1.807, 2.05) is 12.1 Å². The van der Waals surface area contributed by atoms with E-state index in [1.54, 1.807) is 7.11 Å². The van der Waals surface area contributed by atoms with Crippen LogP contribution in [0.25, 0.3) is 0 Å². The number of thiol groups is 1. The van der Waals surface area contributed by atoms with Gasteiger partial charge in [0.15, 0.2) is 0 Å². The van der Waals surface area contributed by atoms with Gasteiger partial charge in [-0.05, 0) is 35.2 Å². The summed E-state index contributed by atoms with van der Waals surface area (Å²) in [5.41, 5.74) is 4.83. The topological polar surface area (TPSA) is 65.1 Å². The first-order chi connectivity index (χ1) is 16.0. The number of benzene rings is 2. The van der Waals surface area contributed by atoms with Gasteiger partial charge in [0.2, 0.25) is 11.8 Å². The molecule has 2 saturated heterocycles.